The van der Waals surface area contributed by atoms with E-state index in [0.717, 1.165) is 4.31 Å². The molecule has 0 aliphatic heterocycles. The first kappa shape index (κ1) is 26.8. The minimum atomic E-state index is -3.95. The van der Waals surface area contributed by atoms with E-state index in [2.05, 4.69) is 5.32 Å². The summed E-state index contributed by atoms with van der Waals surface area (Å²) in [5.74, 6) is -1.35. The number of benzene rings is 2. The lowest BCUT2D eigenvalue weighted by atomic mass is 10.1. The molecule has 2 aromatic carbocycles. The number of sulfonamides is 1. The van der Waals surface area contributed by atoms with Gasteiger partial charge in [-0.2, -0.15) is 4.31 Å². The van der Waals surface area contributed by atoms with Gasteiger partial charge >= 0.3 is 0 Å². The standard InChI is InChI=1S/C23H29ClFN3O4S/c1-5-16(2)26-23(30)17(3)28(14-18-6-10-20(25)11-7-18)22(29)15-27(4)33(31,32)21-12-8-19(24)9-13-21/h6-13,16-17H,5,14-15H2,1-4H3,(H,26,30). The van der Waals surface area contributed by atoms with Crippen molar-refractivity contribution >= 4 is 33.4 Å². The van der Waals surface area contributed by atoms with Crippen molar-refractivity contribution in [3.8, 4) is 0 Å². The number of carbonyl (C=O) groups is 2. The Morgan fingerprint density at radius 1 is 1.06 bits per heavy atom. The topological polar surface area (TPSA) is 86.8 Å². The highest BCUT2D eigenvalue weighted by atomic mass is 35.5. The van der Waals surface area contributed by atoms with E-state index in [1.165, 1.54) is 60.5 Å². The van der Waals surface area contributed by atoms with E-state index in [0.29, 0.717) is 17.0 Å². The summed E-state index contributed by atoms with van der Waals surface area (Å²) in [4.78, 5) is 27.2. The van der Waals surface area contributed by atoms with Crippen LogP contribution in [0.1, 0.15) is 32.8 Å². The number of carbonyl (C=O) groups excluding carboxylic acids is 2. The van der Waals surface area contributed by atoms with Crippen molar-refractivity contribution in [2.75, 3.05) is 13.6 Å². The van der Waals surface area contributed by atoms with Crippen LogP contribution in [-0.2, 0) is 26.2 Å². The van der Waals surface area contributed by atoms with Crippen molar-refractivity contribution in [2.45, 2.75) is 50.7 Å². The minimum absolute atomic E-state index is 0.00477. The van der Waals surface area contributed by atoms with Gasteiger partial charge < -0.3 is 10.2 Å². The molecule has 0 aliphatic rings. The average molecular weight is 498 g/mol. The molecule has 1 N–H and O–H groups in total. The third-order valence-corrected chi connectivity index (χ3v) is 7.38. The van der Waals surface area contributed by atoms with Gasteiger partial charge in [-0.1, -0.05) is 30.7 Å². The third-order valence-electron chi connectivity index (χ3n) is 5.31. The number of halogens is 2. The molecular formula is C23H29ClFN3O4S. The van der Waals surface area contributed by atoms with Crippen molar-refractivity contribution in [1.82, 2.24) is 14.5 Å². The molecule has 2 rings (SSSR count). The van der Waals surface area contributed by atoms with Crippen LogP contribution in [0, 0.1) is 5.82 Å². The van der Waals surface area contributed by atoms with Crippen LogP contribution in [0.5, 0.6) is 0 Å². The monoisotopic (exact) mass is 497 g/mol. The lowest BCUT2D eigenvalue weighted by Gasteiger charge is -2.31. The molecule has 2 amide bonds. The van der Waals surface area contributed by atoms with E-state index in [1.54, 1.807) is 6.92 Å². The van der Waals surface area contributed by atoms with Crippen LogP contribution in [0.2, 0.25) is 5.02 Å². The molecule has 180 valence electrons. The van der Waals surface area contributed by atoms with Crippen LogP contribution in [0.4, 0.5) is 4.39 Å². The van der Waals surface area contributed by atoms with Crippen molar-refractivity contribution in [1.29, 1.82) is 0 Å². The molecule has 0 heterocycles. The van der Waals surface area contributed by atoms with E-state index in [4.69, 9.17) is 11.6 Å². The fourth-order valence-electron chi connectivity index (χ4n) is 2.99. The van der Waals surface area contributed by atoms with Gasteiger partial charge in [0, 0.05) is 24.7 Å². The smallest absolute Gasteiger partial charge is 0.243 e. The molecule has 0 bridgehead atoms. The molecule has 0 fully saturated rings. The molecule has 0 radical (unpaired) electrons. The van der Waals surface area contributed by atoms with Gasteiger partial charge in [0.05, 0.1) is 11.4 Å². The quantitative estimate of drug-likeness (QED) is 0.545. The van der Waals surface area contributed by atoms with Gasteiger partial charge in [-0.05, 0) is 62.2 Å². The Balaban J connectivity index is 2.26. The van der Waals surface area contributed by atoms with Gasteiger partial charge in [0.1, 0.15) is 11.9 Å². The van der Waals surface area contributed by atoms with E-state index >= 15 is 0 Å². The Morgan fingerprint density at radius 2 is 1.64 bits per heavy atom. The lowest BCUT2D eigenvalue weighted by molar-refractivity contribution is -0.140. The summed E-state index contributed by atoms with van der Waals surface area (Å²) in [6.45, 7) is 4.89. The van der Waals surface area contributed by atoms with Gasteiger partial charge in [0.2, 0.25) is 21.8 Å². The van der Waals surface area contributed by atoms with Gasteiger partial charge in [0.15, 0.2) is 0 Å². The maximum atomic E-state index is 13.3. The molecule has 0 spiro atoms. The predicted octanol–water partition coefficient (Wildman–Crippen LogP) is 3.43. The Bertz CT molecular complexity index is 1060. The van der Waals surface area contributed by atoms with Crippen molar-refractivity contribution < 1.29 is 22.4 Å². The highest BCUT2D eigenvalue weighted by Gasteiger charge is 2.30. The lowest BCUT2D eigenvalue weighted by Crippen LogP contribution is -2.51. The highest BCUT2D eigenvalue weighted by molar-refractivity contribution is 7.89. The number of nitrogens with one attached hydrogen (secondary N) is 1. The largest absolute Gasteiger partial charge is 0.352 e. The van der Waals surface area contributed by atoms with E-state index < -0.39 is 34.3 Å². The van der Waals surface area contributed by atoms with Crippen molar-refractivity contribution in [2.24, 2.45) is 0 Å². The van der Waals surface area contributed by atoms with Crippen molar-refractivity contribution in [3.63, 3.8) is 0 Å². The zero-order chi connectivity index (χ0) is 24.8. The molecule has 7 nitrogen and oxygen atoms in total. The average Bonchev–Trinajstić information content (AvgIpc) is 2.78. The summed E-state index contributed by atoms with van der Waals surface area (Å²) in [5, 5.41) is 3.23. The molecule has 2 atom stereocenters. The molecular weight excluding hydrogens is 469 g/mol. The second-order valence-electron chi connectivity index (χ2n) is 7.86. The van der Waals surface area contributed by atoms with Crippen LogP contribution in [0.3, 0.4) is 0 Å². The molecule has 0 saturated heterocycles. The van der Waals surface area contributed by atoms with E-state index in [9.17, 15) is 22.4 Å². The van der Waals surface area contributed by atoms with Gasteiger partial charge in [-0.25, -0.2) is 12.8 Å². The first-order chi connectivity index (χ1) is 15.4. The zero-order valence-electron chi connectivity index (χ0n) is 19.1. The number of hydrogen-bond donors (Lipinski definition) is 1. The Hall–Kier alpha value is -2.49. The fraction of sp³-hybridized carbons (Fsp3) is 0.391. The SMILES string of the molecule is CCC(C)NC(=O)C(C)N(Cc1ccc(F)cc1)C(=O)CN(C)S(=O)(=O)c1ccc(Cl)cc1. The van der Waals surface area contributed by atoms with E-state index in [1.807, 2.05) is 13.8 Å². The summed E-state index contributed by atoms with van der Waals surface area (Å²) >= 11 is 5.83. The van der Waals surface area contributed by atoms with Crippen LogP contribution in [0.25, 0.3) is 0 Å². The number of nitrogens with zero attached hydrogens (tertiary/aromatic N) is 2. The van der Waals surface area contributed by atoms with Gasteiger partial charge in [-0.15, -0.1) is 0 Å². The second kappa shape index (κ2) is 11.6. The number of hydrogen-bond acceptors (Lipinski definition) is 4. The molecule has 2 aromatic rings. The summed E-state index contributed by atoms with van der Waals surface area (Å²) < 4.78 is 40.0. The first-order valence-electron chi connectivity index (χ1n) is 10.5. The zero-order valence-corrected chi connectivity index (χ0v) is 20.7. The number of likely N-dealkylation sites (N-methyl/N-ethyl adjacent to an activating group) is 1. The number of rotatable bonds is 10. The van der Waals surface area contributed by atoms with Crippen LogP contribution in [0.15, 0.2) is 53.4 Å². The van der Waals surface area contributed by atoms with Crippen molar-refractivity contribution in [3.05, 3.63) is 64.9 Å². The first-order valence-corrected chi connectivity index (χ1v) is 12.3. The van der Waals surface area contributed by atoms with Crippen LogP contribution in [-0.4, -0.2) is 55.1 Å². The highest BCUT2D eigenvalue weighted by Crippen LogP contribution is 2.18. The molecule has 0 saturated carbocycles. The predicted molar refractivity (Wildman–Crippen MR) is 126 cm³/mol. The Labute approximate surface area is 199 Å². The Kier molecular flexibility index (Phi) is 9.39. The van der Waals surface area contributed by atoms with E-state index in [-0.39, 0.29) is 23.4 Å². The molecule has 0 aliphatic carbocycles. The summed E-state index contributed by atoms with van der Waals surface area (Å²) in [6.07, 6.45) is 0.715. The summed E-state index contributed by atoms with van der Waals surface area (Å²) in [6, 6.07) is 10.2. The van der Waals surface area contributed by atoms with Crippen LogP contribution >= 0.6 is 11.6 Å². The minimum Gasteiger partial charge on any atom is -0.352 e. The van der Waals surface area contributed by atoms with Gasteiger partial charge in [0.25, 0.3) is 0 Å². The van der Waals surface area contributed by atoms with Crippen LogP contribution < -0.4 is 5.32 Å². The normalized spacial score (nSPS) is 13.4. The Morgan fingerprint density at radius 3 is 2.18 bits per heavy atom. The fourth-order valence-corrected chi connectivity index (χ4v) is 4.23. The third kappa shape index (κ3) is 7.25. The molecule has 2 unspecified atom stereocenters. The maximum absolute atomic E-state index is 13.3. The summed E-state index contributed by atoms with van der Waals surface area (Å²) in [5.41, 5.74) is 0.608. The molecule has 33 heavy (non-hydrogen) atoms. The second-order valence-corrected chi connectivity index (χ2v) is 10.3. The maximum Gasteiger partial charge on any atom is 0.243 e. The molecule has 0 aromatic heterocycles. The molecule has 10 heteroatoms. The summed E-state index contributed by atoms with van der Waals surface area (Å²) in [7, 11) is -2.66. The van der Waals surface area contributed by atoms with Gasteiger partial charge in [-0.3, -0.25) is 9.59 Å². The number of amides is 2.